The summed E-state index contributed by atoms with van der Waals surface area (Å²) in [6, 6.07) is 7.55. The Labute approximate surface area is 123 Å². The molecular formula is C13H10BrClFNO2. The lowest BCUT2D eigenvalue weighted by atomic mass is 10.2. The zero-order chi connectivity index (χ0) is 14.0. The Balaban J connectivity index is 2.37. The van der Waals surface area contributed by atoms with Crippen LogP contribution in [0.3, 0.4) is 0 Å². The average Bonchev–Trinajstić information content (AvgIpc) is 2.35. The summed E-state index contributed by atoms with van der Waals surface area (Å²) in [5.74, 6) is 0.0905. The number of rotatable bonds is 3. The van der Waals surface area contributed by atoms with Crippen LogP contribution in [0.25, 0.3) is 0 Å². The summed E-state index contributed by atoms with van der Waals surface area (Å²) in [5.41, 5.74) is 5.79. The molecule has 0 bridgehead atoms. The van der Waals surface area contributed by atoms with E-state index in [0.717, 1.165) is 10.5 Å². The average molecular weight is 347 g/mol. The standard InChI is InChI=1S/C13H10BrClFNO2/c1-18-13-6-12(9(16)5-10(13)17)19-11-3-2-7(14)4-8(11)15/h2-6H,17H2,1H3. The molecule has 0 aliphatic rings. The van der Waals surface area contributed by atoms with E-state index < -0.39 is 5.82 Å². The lowest BCUT2D eigenvalue weighted by Crippen LogP contribution is -1.96. The quantitative estimate of drug-likeness (QED) is 0.824. The largest absolute Gasteiger partial charge is 0.494 e. The minimum Gasteiger partial charge on any atom is -0.494 e. The Hall–Kier alpha value is -1.46. The van der Waals surface area contributed by atoms with Crippen LogP contribution in [-0.2, 0) is 0 Å². The number of halogens is 3. The van der Waals surface area contributed by atoms with Crippen LogP contribution in [0.5, 0.6) is 17.2 Å². The van der Waals surface area contributed by atoms with Crippen LogP contribution in [0.1, 0.15) is 0 Å². The van der Waals surface area contributed by atoms with Gasteiger partial charge in [0.1, 0.15) is 11.5 Å². The van der Waals surface area contributed by atoms with E-state index in [9.17, 15) is 4.39 Å². The summed E-state index contributed by atoms with van der Waals surface area (Å²) in [4.78, 5) is 0. The molecule has 3 nitrogen and oxygen atoms in total. The van der Waals surface area contributed by atoms with Gasteiger partial charge in [0.15, 0.2) is 11.6 Å². The molecule has 2 rings (SSSR count). The Morgan fingerprint density at radius 1 is 1.16 bits per heavy atom. The van der Waals surface area contributed by atoms with Crippen LogP contribution < -0.4 is 15.2 Å². The smallest absolute Gasteiger partial charge is 0.168 e. The number of anilines is 1. The summed E-state index contributed by atoms with van der Waals surface area (Å²) >= 11 is 9.28. The fraction of sp³-hybridized carbons (Fsp3) is 0.0769. The second-order valence-corrected chi connectivity index (χ2v) is 5.02. The number of methoxy groups -OCH3 is 1. The first-order valence-electron chi connectivity index (χ1n) is 5.27. The van der Waals surface area contributed by atoms with Gasteiger partial charge in [0, 0.05) is 16.6 Å². The van der Waals surface area contributed by atoms with E-state index in [1.165, 1.54) is 13.2 Å². The van der Waals surface area contributed by atoms with Crippen molar-refractivity contribution < 1.29 is 13.9 Å². The molecule has 6 heteroatoms. The number of ether oxygens (including phenoxy) is 2. The lowest BCUT2D eigenvalue weighted by Gasteiger charge is -2.11. The highest BCUT2D eigenvalue weighted by Crippen LogP contribution is 2.36. The second-order valence-electron chi connectivity index (χ2n) is 3.70. The molecule has 0 aliphatic heterocycles. The van der Waals surface area contributed by atoms with Crippen LogP contribution >= 0.6 is 27.5 Å². The molecule has 19 heavy (non-hydrogen) atoms. The highest BCUT2D eigenvalue weighted by Gasteiger charge is 2.12. The van der Waals surface area contributed by atoms with Gasteiger partial charge in [-0.3, -0.25) is 0 Å². The molecule has 2 N–H and O–H groups in total. The first-order chi connectivity index (χ1) is 9.01. The van der Waals surface area contributed by atoms with Gasteiger partial charge < -0.3 is 15.2 Å². The molecule has 2 aromatic carbocycles. The van der Waals surface area contributed by atoms with Crippen LogP contribution in [0.2, 0.25) is 5.02 Å². The maximum absolute atomic E-state index is 13.8. The number of nitrogens with two attached hydrogens (primary N) is 1. The fourth-order valence-corrected chi connectivity index (χ4v) is 2.19. The van der Waals surface area contributed by atoms with E-state index in [4.69, 9.17) is 26.8 Å². The Bertz CT molecular complexity index is 622. The first kappa shape index (κ1) is 14.0. The second kappa shape index (κ2) is 5.67. The van der Waals surface area contributed by atoms with Crippen molar-refractivity contribution in [3.8, 4) is 17.2 Å². The summed E-state index contributed by atoms with van der Waals surface area (Å²) in [7, 11) is 1.44. The third-order valence-corrected chi connectivity index (χ3v) is 3.19. The van der Waals surface area contributed by atoms with Gasteiger partial charge >= 0.3 is 0 Å². The summed E-state index contributed by atoms with van der Waals surface area (Å²) < 4.78 is 25.0. The predicted molar refractivity (Wildman–Crippen MR) is 76.6 cm³/mol. The van der Waals surface area contributed by atoms with Gasteiger partial charge in [0.2, 0.25) is 0 Å². The highest BCUT2D eigenvalue weighted by molar-refractivity contribution is 9.10. The van der Waals surface area contributed by atoms with Crippen LogP contribution in [-0.4, -0.2) is 7.11 Å². The zero-order valence-electron chi connectivity index (χ0n) is 9.91. The van der Waals surface area contributed by atoms with E-state index >= 15 is 0 Å². The molecular weight excluding hydrogens is 337 g/mol. The first-order valence-corrected chi connectivity index (χ1v) is 6.44. The number of benzene rings is 2. The van der Waals surface area contributed by atoms with Crippen molar-refractivity contribution in [1.82, 2.24) is 0 Å². The van der Waals surface area contributed by atoms with Crippen molar-refractivity contribution in [2.24, 2.45) is 0 Å². The van der Waals surface area contributed by atoms with Crippen molar-refractivity contribution in [3.05, 3.63) is 45.6 Å². The molecule has 0 aliphatic carbocycles. The van der Waals surface area contributed by atoms with Gasteiger partial charge in [-0.1, -0.05) is 27.5 Å². The third-order valence-electron chi connectivity index (χ3n) is 2.40. The third kappa shape index (κ3) is 3.11. The summed E-state index contributed by atoms with van der Waals surface area (Å²) in [6.45, 7) is 0. The summed E-state index contributed by atoms with van der Waals surface area (Å²) in [6.07, 6.45) is 0. The molecule has 0 heterocycles. The van der Waals surface area contributed by atoms with Crippen molar-refractivity contribution in [1.29, 1.82) is 0 Å². The molecule has 0 spiro atoms. The SMILES string of the molecule is COc1cc(Oc2ccc(Br)cc2Cl)c(F)cc1N. The maximum Gasteiger partial charge on any atom is 0.168 e. The van der Waals surface area contributed by atoms with Gasteiger partial charge in [-0.05, 0) is 18.2 Å². The molecule has 0 amide bonds. The van der Waals surface area contributed by atoms with Gasteiger partial charge in [-0.25, -0.2) is 4.39 Å². The van der Waals surface area contributed by atoms with E-state index in [1.807, 2.05) is 0 Å². The minimum atomic E-state index is -0.586. The van der Waals surface area contributed by atoms with E-state index in [-0.39, 0.29) is 11.4 Å². The Morgan fingerprint density at radius 2 is 1.89 bits per heavy atom. The van der Waals surface area contributed by atoms with Gasteiger partial charge in [0.05, 0.1) is 17.8 Å². The van der Waals surface area contributed by atoms with Gasteiger partial charge in [0.25, 0.3) is 0 Å². The Morgan fingerprint density at radius 3 is 2.53 bits per heavy atom. The molecule has 0 fully saturated rings. The normalized spacial score (nSPS) is 10.3. The number of nitrogen functional groups attached to an aromatic ring is 1. The van der Waals surface area contributed by atoms with Gasteiger partial charge in [-0.15, -0.1) is 0 Å². The van der Waals surface area contributed by atoms with Crippen molar-refractivity contribution in [3.63, 3.8) is 0 Å². The molecule has 100 valence electrons. The monoisotopic (exact) mass is 345 g/mol. The molecule has 0 saturated heterocycles. The van der Waals surface area contributed by atoms with Crippen molar-refractivity contribution in [2.45, 2.75) is 0 Å². The highest BCUT2D eigenvalue weighted by atomic mass is 79.9. The topological polar surface area (TPSA) is 44.5 Å². The van der Waals surface area contributed by atoms with Gasteiger partial charge in [-0.2, -0.15) is 0 Å². The molecule has 0 radical (unpaired) electrons. The van der Waals surface area contributed by atoms with E-state index in [2.05, 4.69) is 15.9 Å². The summed E-state index contributed by atoms with van der Waals surface area (Å²) in [5, 5.41) is 0.365. The lowest BCUT2D eigenvalue weighted by molar-refractivity contribution is 0.403. The number of hydrogen-bond donors (Lipinski definition) is 1. The van der Waals surface area contributed by atoms with Crippen LogP contribution in [0.4, 0.5) is 10.1 Å². The minimum absolute atomic E-state index is 0.00438. The molecule has 0 unspecified atom stereocenters. The molecule has 0 aromatic heterocycles. The number of hydrogen-bond acceptors (Lipinski definition) is 3. The van der Waals surface area contributed by atoms with Crippen LogP contribution in [0.15, 0.2) is 34.8 Å². The fourth-order valence-electron chi connectivity index (χ4n) is 1.48. The molecule has 0 saturated carbocycles. The van der Waals surface area contributed by atoms with Crippen molar-refractivity contribution in [2.75, 3.05) is 12.8 Å². The predicted octanol–water partition coefficient (Wildman–Crippen LogP) is 4.62. The Kier molecular flexibility index (Phi) is 4.17. The zero-order valence-corrected chi connectivity index (χ0v) is 12.3. The van der Waals surface area contributed by atoms with Crippen molar-refractivity contribution >= 4 is 33.2 Å². The maximum atomic E-state index is 13.8. The van der Waals surface area contributed by atoms with E-state index in [1.54, 1.807) is 18.2 Å². The molecule has 2 aromatic rings. The van der Waals surface area contributed by atoms with Crippen LogP contribution in [0, 0.1) is 5.82 Å². The molecule has 0 atom stereocenters. The van der Waals surface area contributed by atoms with E-state index in [0.29, 0.717) is 16.5 Å².